The molecule has 0 saturated carbocycles. The number of amides is 4. The first-order chi connectivity index (χ1) is 15.2. The molecule has 7 N–H and O–H groups in total. The fourth-order valence-electron chi connectivity index (χ4n) is 2.76. The van der Waals surface area contributed by atoms with E-state index >= 15 is 0 Å². The van der Waals surface area contributed by atoms with Gasteiger partial charge in [-0.25, -0.2) is 14.4 Å². The highest BCUT2D eigenvalue weighted by Gasteiger charge is 2.23. The first-order valence-electron chi connectivity index (χ1n) is 10.0. The van der Waals surface area contributed by atoms with Gasteiger partial charge in [0.15, 0.2) is 0 Å². The van der Waals surface area contributed by atoms with Gasteiger partial charge < -0.3 is 36.6 Å². The fourth-order valence-corrected chi connectivity index (χ4v) is 2.76. The molecule has 0 bridgehead atoms. The van der Waals surface area contributed by atoms with Crippen molar-refractivity contribution in [3.8, 4) is 0 Å². The van der Waals surface area contributed by atoms with E-state index in [1.54, 1.807) is 24.3 Å². The second kappa shape index (κ2) is 14.2. The van der Waals surface area contributed by atoms with Crippen LogP contribution in [0.4, 0.5) is 15.3 Å². The molecule has 0 aliphatic rings. The summed E-state index contributed by atoms with van der Waals surface area (Å²) in [6, 6.07) is 5.42. The summed E-state index contributed by atoms with van der Waals surface area (Å²) >= 11 is 0. The molecule has 0 aromatic heterocycles. The van der Waals surface area contributed by atoms with Crippen LogP contribution < -0.4 is 21.3 Å². The summed E-state index contributed by atoms with van der Waals surface area (Å²) in [5, 5.41) is 36.7. The summed E-state index contributed by atoms with van der Waals surface area (Å²) in [5.41, 5.74) is 0.643. The Morgan fingerprint density at radius 1 is 0.812 bits per heavy atom. The van der Waals surface area contributed by atoms with Crippen molar-refractivity contribution in [3.05, 3.63) is 30.3 Å². The Hall–Kier alpha value is -3.83. The van der Waals surface area contributed by atoms with Gasteiger partial charge in [-0.3, -0.25) is 9.59 Å². The van der Waals surface area contributed by atoms with Crippen LogP contribution in [0, 0.1) is 0 Å². The summed E-state index contributed by atoms with van der Waals surface area (Å²) in [7, 11) is 0. The predicted molar refractivity (Wildman–Crippen MR) is 113 cm³/mol. The van der Waals surface area contributed by atoms with Crippen LogP contribution in [0.5, 0.6) is 0 Å². The Labute approximate surface area is 184 Å². The second-order valence-electron chi connectivity index (χ2n) is 6.98. The van der Waals surface area contributed by atoms with Gasteiger partial charge in [0.05, 0.1) is 6.42 Å². The van der Waals surface area contributed by atoms with Gasteiger partial charge in [0.2, 0.25) is 0 Å². The quantitative estimate of drug-likeness (QED) is 0.206. The van der Waals surface area contributed by atoms with E-state index in [4.69, 9.17) is 15.3 Å². The Balaban J connectivity index is 2.40. The molecule has 12 nitrogen and oxygen atoms in total. The highest BCUT2D eigenvalue weighted by atomic mass is 16.4. The molecule has 0 saturated heterocycles. The van der Waals surface area contributed by atoms with E-state index in [0.29, 0.717) is 25.1 Å². The first kappa shape index (κ1) is 26.2. The molecule has 2 unspecified atom stereocenters. The molecule has 12 heteroatoms. The zero-order valence-corrected chi connectivity index (χ0v) is 17.4. The molecule has 1 rings (SSSR count). The maximum Gasteiger partial charge on any atom is 0.326 e. The van der Waals surface area contributed by atoms with Gasteiger partial charge in [0.25, 0.3) is 0 Å². The number of carboxylic acids is 3. The molecule has 32 heavy (non-hydrogen) atoms. The van der Waals surface area contributed by atoms with Gasteiger partial charge in [-0.1, -0.05) is 18.2 Å². The van der Waals surface area contributed by atoms with E-state index in [2.05, 4.69) is 21.3 Å². The molecular formula is C20H28N4O8. The number of urea groups is 2. The monoisotopic (exact) mass is 452 g/mol. The maximum atomic E-state index is 12.1. The molecule has 0 radical (unpaired) electrons. The van der Waals surface area contributed by atoms with E-state index < -0.39 is 42.4 Å². The molecule has 1 aromatic carbocycles. The number of unbranched alkanes of at least 4 members (excludes halogenated alkanes) is 1. The van der Waals surface area contributed by atoms with E-state index in [9.17, 15) is 24.0 Å². The molecule has 0 aliphatic heterocycles. The van der Waals surface area contributed by atoms with Crippen LogP contribution in [0.25, 0.3) is 0 Å². The minimum Gasteiger partial charge on any atom is -0.481 e. The third-order valence-electron chi connectivity index (χ3n) is 4.30. The van der Waals surface area contributed by atoms with E-state index in [1.165, 1.54) is 0 Å². The Morgan fingerprint density at radius 2 is 1.50 bits per heavy atom. The average molecular weight is 452 g/mol. The number of carbonyl (C=O) groups is 5. The van der Waals surface area contributed by atoms with Gasteiger partial charge in [0.1, 0.15) is 6.04 Å². The van der Waals surface area contributed by atoms with E-state index in [0.717, 1.165) is 0 Å². The highest BCUT2D eigenvalue weighted by Crippen LogP contribution is 2.07. The number of anilines is 1. The van der Waals surface area contributed by atoms with Gasteiger partial charge in [0, 0.05) is 24.7 Å². The molecule has 4 amide bonds. The van der Waals surface area contributed by atoms with Gasteiger partial charge in [-0.15, -0.1) is 0 Å². The Kier molecular flexibility index (Phi) is 11.6. The number of carbonyl (C=O) groups excluding carboxylic acids is 2. The molecule has 0 spiro atoms. The van der Waals surface area contributed by atoms with Crippen LogP contribution in [0.1, 0.15) is 38.5 Å². The number of hydrogen-bond donors (Lipinski definition) is 7. The molecule has 0 fully saturated rings. The molecule has 1 aromatic rings. The summed E-state index contributed by atoms with van der Waals surface area (Å²) in [4.78, 5) is 56.7. The van der Waals surface area contributed by atoms with Gasteiger partial charge >= 0.3 is 30.0 Å². The minimum absolute atomic E-state index is 0.286. The number of para-hydroxylation sites is 1. The van der Waals surface area contributed by atoms with Gasteiger partial charge in [-0.2, -0.15) is 0 Å². The number of benzene rings is 1. The molecule has 2 atom stereocenters. The lowest BCUT2D eigenvalue weighted by Gasteiger charge is -2.20. The Bertz CT molecular complexity index is 787. The van der Waals surface area contributed by atoms with Crippen LogP contribution in [0.2, 0.25) is 0 Å². The van der Waals surface area contributed by atoms with Crippen molar-refractivity contribution in [1.29, 1.82) is 0 Å². The smallest absolute Gasteiger partial charge is 0.326 e. The summed E-state index contributed by atoms with van der Waals surface area (Å²) in [5.74, 6) is -3.74. The van der Waals surface area contributed by atoms with Crippen molar-refractivity contribution >= 4 is 35.7 Å². The standard InChI is InChI=1S/C20H28N4O8/c25-16(26)10-9-15(18(29)30)24-20(32)23-14(12-17(27)28)8-4-5-11-21-19(31)22-13-6-2-1-3-7-13/h1-3,6-7,14-15H,4-5,8-12H2,(H,25,26)(H,27,28)(H,29,30)(H2,21,22,31)(H2,23,24,32). The summed E-state index contributed by atoms with van der Waals surface area (Å²) < 4.78 is 0. The normalized spacial score (nSPS) is 12.1. The van der Waals surface area contributed by atoms with Crippen LogP contribution in [-0.4, -0.2) is 63.9 Å². The topological polar surface area (TPSA) is 194 Å². The minimum atomic E-state index is -1.41. The van der Waals surface area contributed by atoms with Gasteiger partial charge in [-0.05, 0) is 37.8 Å². The maximum absolute atomic E-state index is 12.1. The first-order valence-corrected chi connectivity index (χ1v) is 10.0. The van der Waals surface area contributed by atoms with Crippen LogP contribution in [-0.2, 0) is 14.4 Å². The van der Waals surface area contributed by atoms with Crippen molar-refractivity contribution in [3.63, 3.8) is 0 Å². The second-order valence-corrected chi connectivity index (χ2v) is 6.98. The zero-order chi connectivity index (χ0) is 23.9. The largest absolute Gasteiger partial charge is 0.481 e. The van der Waals surface area contributed by atoms with Crippen LogP contribution >= 0.6 is 0 Å². The van der Waals surface area contributed by atoms with Crippen LogP contribution in [0.3, 0.4) is 0 Å². The highest BCUT2D eigenvalue weighted by molar-refractivity contribution is 5.89. The van der Waals surface area contributed by atoms with E-state index in [1.807, 2.05) is 6.07 Å². The summed E-state index contributed by atoms with van der Waals surface area (Å²) in [6.07, 6.45) is 0.180. The molecule has 0 heterocycles. The lowest BCUT2D eigenvalue weighted by molar-refractivity contribution is -0.141. The molecule has 0 aliphatic carbocycles. The van der Waals surface area contributed by atoms with Crippen molar-refractivity contribution < 1.29 is 39.3 Å². The number of hydrogen-bond acceptors (Lipinski definition) is 5. The van der Waals surface area contributed by atoms with Crippen LogP contribution in [0.15, 0.2) is 30.3 Å². The SMILES string of the molecule is O=C(O)CCC(NC(=O)NC(CCCCNC(=O)Nc1ccccc1)CC(=O)O)C(=O)O. The van der Waals surface area contributed by atoms with Crippen molar-refractivity contribution in [2.45, 2.75) is 50.6 Å². The number of aliphatic carboxylic acids is 3. The predicted octanol–water partition coefficient (Wildman–Crippen LogP) is 1.44. The lowest BCUT2D eigenvalue weighted by Crippen LogP contribution is -2.49. The number of carboxylic acid groups (broad SMARTS) is 3. The average Bonchev–Trinajstić information content (AvgIpc) is 2.70. The number of rotatable bonds is 14. The third kappa shape index (κ3) is 12.0. The van der Waals surface area contributed by atoms with E-state index in [-0.39, 0.29) is 25.3 Å². The fraction of sp³-hybridized carbons (Fsp3) is 0.450. The molecular weight excluding hydrogens is 424 g/mol. The summed E-state index contributed by atoms with van der Waals surface area (Å²) in [6.45, 7) is 0.334. The lowest BCUT2D eigenvalue weighted by atomic mass is 10.1. The molecule has 176 valence electrons. The van der Waals surface area contributed by atoms with Crippen molar-refractivity contribution in [2.24, 2.45) is 0 Å². The van der Waals surface area contributed by atoms with Crippen molar-refractivity contribution in [1.82, 2.24) is 16.0 Å². The zero-order valence-electron chi connectivity index (χ0n) is 17.4. The third-order valence-corrected chi connectivity index (χ3v) is 4.30. The van der Waals surface area contributed by atoms with Crippen molar-refractivity contribution in [2.75, 3.05) is 11.9 Å². The Morgan fingerprint density at radius 3 is 2.09 bits per heavy atom. The number of nitrogens with one attached hydrogen (secondary N) is 4.